The van der Waals surface area contributed by atoms with Gasteiger partial charge in [0.25, 0.3) is 0 Å². The van der Waals surface area contributed by atoms with Gasteiger partial charge in [0.1, 0.15) is 0 Å². The largest absolute Gasteiger partial charge is 0.326 e. The van der Waals surface area contributed by atoms with Gasteiger partial charge in [0.2, 0.25) is 11.8 Å². The van der Waals surface area contributed by atoms with Crippen LogP contribution in [-0.4, -0.2) is 31.2 Å². The number of nitrogens with one attached hydrogen (secondary N) is 2. The lowest BCUT2D eigenvalue weighted by atomic mass is 10.2. The van der Waals surface area contributed by atoms with Gasteiger partial charge >= 0.3 is 0 Å². The van der Waals surface area contributed by atoms with Crippen molar-refractivity contribution in [2.24, 2.45) is 0 Å². The molecule has 2 aromatic carbocycles. The van der Waals surface area contributed by atoms with E-state index in [0.717, 1.165) is 10.5 Å². The summed E-state index contributed by atoms with van der Waals surface area (Å²) in [6, 6.07) is 9.79. The number of halogens is 1. The molecule has 0 bridgehead atoms. The first-order chi connectivity index (χ1) is 13.7. The van der Waals surface area contributed by atoms with Crippen LogP contribution in [0.4, 0.5) is 11.4 Å². The van der Waals surface area contributed by atoms with Crippen molar-refractivity contribution in [3.63, 3.8) is 0 Å². The summed E-state index contributed by atoms with van der Waals surface area (Å²) >= 11 is 7.36. The molecule has 1 atom stereocenters. The van der Waals surface area contributed by atoms with Crippen LogP contribution >= 0.6 is 23.4 Å². The molecule has 0 fully saturated rings. The van der Waals surface area contributed by atoms with Crippen LogP contribution in [0.15, 0.2) is 46.2 Å². The summed E-state index contributed by atoms with van der Waals surface area (Å²) in [6.07, 6.45) is 0.502. The number of hydrogen-bond acceptors (Lipinski definition) is 5. The molecule has 1 aliphatic heterocycles. The number of carbonyl (C=O) groups is 2. The maximum Gasteiger partial charge on any atom is 0.237 e. The van der Waals surface area contributed by atoms with Gasteiger partial charge in [-0.3, -0.25) is 9.59 Å². The second-order valence-corrected chi connectivity index (χ2v) is 10.5. The highest BCUT2D eigenvalue weighted by molar-refractivity contribution is 8.01. The summed E-state index contributed by atoms with van der Waals surface area (Å²) in [5, 5.41) is 5.77. The molecule has 9 heteroatoms. The molecule has 0 aliphatic carbocycles. The van der Waals surface area contributed by atoms with Gasteiger partial charge in [0.05, 0.1) is 21.6 Å². The molecule has 3 rings (SSSR count). The van der Waals surface area contributed by atoms with Crippen molar-refractivity contribution in [1.29, 1.82) is 0 Å². The summed E-state index contributed by atoms with van der Waals surface area (Å²) in [6.45, 7) is 3.75. The minimum Gasteiger partial charge on any atom is -0.326 e. The Balaban J connectivity index is 1.68. The zero-order valence-electron chi connectivity index (χ0n) is 16.0. The van der Waals surface area contributed by atoms with Crippen molar-refractivity contribution < 1.29 is 18.0 Å². The molecule has 0 spiro atoms. The third kappa shape index (κ3) is 5.12. The highest BCUT2D eigenvalue weighted by Crippen LogP contribution is 2.38. The second kappa shape index (κ2) is 8.77. The minimum absolute atomic E-state index is 0.0823. The van der Waals surface area contributed by atoms with Crippen LogP contribution in [0.2, 0.25) is 5.02 Å². The minimum atomic E-state index is -3.68. The Morgan fingerprint density at radius 3 is 2.72 bits per heavy atom. The number of rotatable bonds is 6. The smallest absolute Gasteiger partial charge is 0.237 e. The molecule has 2 N–H and O–H groups in total. The van der Waals surface area contributed by atoms with Gasteiger partial charge in [0.15, 0.2) is 9.84 Å². The third-order valence-electron chi connectivity index (χ3n) is 4.57. The lowest BCUT2D eigenvalue weighted by Crippen LogP contribution is -2.28. The number of aryl methyl sites for hydroxylation is 1. The fourth-order valence-electron chi connectivity index (χ4n) is 2.88. The standard InChI is InChI=1S/C20H21ClN2O4S2/c1-3-17-20(25)23-16-11-14(6-7-18(16)28-17)29(26,27)9-8-19(24)22-15-10-13(21)5-4-12(15)2/h4-7,10-11,17H,3,8-9H2,1-2H3,(H,22,24)(H,23,25)/t17-/m0/s1. The number of carbonyl (C=O) groups excluding carboxylic acids is 2. The predicted molar refractivity (Wildman–Crippen MR) is 116 cm³/mol. The van der Waals surface area contributed by atoms with Crippen LogP contribution in [0.25, 0.3) is 0 Å². The number of thioether (sulfide) groups is 1. The van der Waals surface area contributed by atoms with Crippen molar-refractivity contribution in [3.05, 3.63) is 47.0 Å². The molecule has 6 nitrogen and oxygen atoms in total. The van der Waals surface area contributed by atoms with Crippen LogP contribution < -0.4 is 10.6 Å². The molecule has 1 heterocycles. The topological polar surface area (TPSA) is 92.3 Å². The van der Waals surface area contributed by atoms with Crippen molar-refractivity contribution in [2.45, 2.75) is 41.7 Å². The van der Waals surface area contributed by atoms with E-state index in [9.17, 15) is 18.0 Å². The Morgan fingerprint density at radius 1 is 1.24 bits per heavy atom. The van der Waals surface area contributed by atoms with Gasteiger partial charge in [-0.15, -0.1) is 11.8 Å². The van der Waals surface area contributed by atoms with E-state index < -0.39 is 15.7 Å². The van der Waals surface area contributed by atoms with E-state index in [1.165, 1.54) is 23.9 Å². The monoisotopic (exact) mass is 452 g/mol. The van der Waals surface area contributed by atoms with Crippen LogP contribution in [0.5, 0.6) is 0 Å². The molecule has 2 aromatic rings. The first-order valence-electron chi connectivity index (χ1n) is 9.10. The quantitative estimate of drug-likeness (QED) is 0.682. The van der Waals surface area contributed by atoms with Crippen LogP contribution in [0.3, 0.4) is 0 Å². The van der Waals surface area contributed by atoms with Crippen LogP contribution in [0, 0.1) is 6.92 Å². The fraction of sp³-hybridized carbons (Fsp3) is 0.300. The summed E-state index contributed by atoms with van der Waals surface area (Å²) < 4.78 is 25.4. The second-order valence-electron chi connectivity index (χ2n) is 6.74. The Bertz CT molecular complexity index is 1070. The maximum absolute atomic E-state index is 12.7. The van der Waals surface area contributed by atoms with Gasteiger partial charge in [-0.2, -0.15) is 0 Å². The Labute approximate surface area is 179 Å². The van der Waals surface area contributed by atoms with Crippen LogP contribution in [-0.2, 0) is 19.4 Å². The van der Waals surface area contributed by atoms with Crippen LogP contribution in [0.1, 0.15) is 25.3 Å². The van der Waals surface area contributed by atoms with Gasteiger partial charge in [-0.25, -0.2) is 8.42 Å². The number of fused-ring (bicyclic) bond motifs is 1. The molecule has 1 aliphatic rings. The molecule has 2 amide bonds. The molecule has 154 valence electrons. The maximum atomic E-state index is 12.7. The Hall–Kier alpha value is -2.03. The van der Waals surface area contributed by atoms with Gasteiger partial charge in [0, 0.05) is 22.0 Å². The number of benzene rings is 2. The van der Waals surface area contributed by atoms with Gasteiger partial charge in [-0.05, 0) is 49.2 Å². The van der Waals surface area contributed by atoms with E-state index >= 15 is 0 Å². The van der Waals surface area contributed by atoms with Crippen molar-refractivity contribution in [2.75, 3.05) is 16.4 Å². The number of sulfone groups is 1. The lowest BCUT2D eigenvalue weighted by Gasteiger charge is -2.23. The molecule has 0 saturated carbocycles. The summed E-state index contributed by atoms with van der Waals surface area (Å²) in [5.41, 5.74) is 1.88. The van der Waals surface area contributed by atoms with E-state index in [0.29, 0.717) is 22.8 Å². The molecular formula is C20H21ClN2O4S2. The van der Waals surface area contributed by atoms with E-state index in [1.807, 2.05) is 13.8 Å². The molecule has 0 radical (unpaired) electrons. The Morgan fingerprint density at radius 2 is 2.00 bits per heavy atom. The van der Waals surface area contributed by atoms with E-state index in [-0.39, 0.29) is 28.2 Å². The Kier molecular flexibility index (Phi) is 6.55. The molecule has 29 heavy (non-hydrogen) atoms. The first kappa shape index (κ1) is 21.7. The summed E-state index contributed by atoms with van der Waals surface area (Å²) in [4.78, 5) is 25.2. The number of hydrogen-bond donors (Lipinski definition) is 2. The molecule has 0 unspecified atom stereocenters. The number of amides is 2. The highest BCUT2D eigenvalue weighted by Gasteiger charge is 2.27. The molecular weight excluding hydrogens is 432 g/mol. The van der Waals surface area contributed by atoms with E-state index in [2.05, 4.69) is 10.6 Å². The van der Waals surface area contributed by atoms with E-state index in [1.54, 1.807) is 24.3 Å². The fourth-order valence-corrected chi connectivity index (χ4v) is 5.34. The van der Waals surface area contributed by atoms with E-state index in [4.69, 9.17) is 11.6 Å². The molecule has 0 saturated heterocycles. The first-order valence-corrected chi connectivity index (χ1v) is 12.0. The van der Waals surface area contributed by atoms with Crippen molar-refractivity contribution in [3.8, 4) is 0 Å². The van der Waals surface area contributed by atoms with Crippen molar-refractivity contribution >= 4 is 56.4 Å². The highest BCUT2D eigenvalue weighted by atomic mass is 35.5. The summed E-state index contributed by atoms with van der Waals surface area (Å²) in [5.74, 6) is -0.877. The average molecular weight is 453 g/mol. The zero-order valence-corrected chi connectivity index (χ0v) is 18.4. The summed E-state index contributed by atoms with van der Waals surface area (Å²) in [7, 11) is -3.68. The SMILES string of the molecule is CC[C@@H]1Sc2ccc(S(=O)(=O)CCC(=O)Nc3cc(Cl)ccc3C)cc2NC1=O. The zero-order chi connectivity index (χ0) is 21.2. The average Bonchev–Trinajstić information content (AvgIpc) is 2.68. The number of anilines is 2. The van der Waals surface area contributed by atoms with Gasteiger partial charge < -0.3 is 10.6 Å². The normalized spacial score (nSPS) is 16.1. The third-order valence-corrected chi connectivity index (χ3v) is 7.96. The van der Waals surface area contributed by atoms with Gasteiger partial charge in [-0.1, -0.05) is 24.6 Å². The molecule has 0 aromatic heterocycles. The van der Waals surface area contributed by atoms with Crippen molar-refractivity contribution in [1.82, 2.24) is 0 Å². The predicted octanol–water partition coefficient (Wildman–Crippen LogP) is 4.27. The lowest BCUT2D eigenvalue weighted by molar-refractivity contribution is -0.116.